The van der Waals surface area contributed by atoms with E-state index in [1.165, 1.54) is 17.0 Å². The number of fused-ring (bicyclic) bond motifs is 1. The number of carbonyl (C=O) groups is 1. The number of aliphatic imine (C=N–C) groups is 1. The van der Waals surface area contributed by atoms with Crippen molar-refractivity contribution >= 4 is 28.7 Å². The summed E-state index contributed by atoms with van der Waals surface area (Å²) in [7, 11) is 0. The molecule has 0 radical (unpaired) electrons. The average Bonchev–Trinajstić information content (AvgIpc) is 2.94. The van der Waals surface area contributed by atoms with Crippen molar-refractivity contribution in [2.75, 3.05) is 4.90 Å². The molecular weight excluding hydrogens is 353 g/mol. The Hall–Kier alpha value is -3.41. The zero-order valence-electron chi connectivity index (χ0n) is 13.9. The van der Waals surface area contributed by atoms with Gasteiger partial charge in [0.15, 0.2) is 0 Å². The second-order valence-corrected chi connectivity index (χ2v) is 6.00. The molecule has 0 N–H and O–H groups in total. The van der Waals surface area contributed by atoms with Crippen LogP contribution in [0.4, 0.5) is 30.2 Å². The molecule has 27 heavy (non-hydrogen) atoms. The van der Waals surface area contributed by atoms with Gasteiger partial charge in [0.05, 0.1) is 16.9 Å². The topological polar surface area (TPSA) is 32.7 Å². The zero-order chi connectivity index (χ0) is 19.0. The van der Waals surface area contributed by atoms with Gasteiger partial charge in [-0.3, -0.25) is 9.69 Å². The first-order valence-corrected chi connectivity index (χ1v) is 8.20. The summed E-state index contributed by atoms with van der Waals surface area (Å²) in [6.45, 7) is 0. The van der Waals surface area contributed by atoms with Gasteiger partial charge in [0.2, 0.25) is 0 Å². The number of anilines is 2. The van der Waals surface area contributed by atoms with Crippen molar-refractivity contribution in [3.63, 3.8) is 0 Å². The normalized spacial score (nSPS) is 15.3. The Labute approximate surface area is 153 Å². The van der Waals surface area contributed by atoms with E-state index in [9.17, 15) is 18.0 Å². The number of nitrogens with zero attached hydrogens (tertiary/aromatic N) is 2. The predicted octanol–water partition coefficient (Wildman–Crippen LogP) is 5.50. The lowest BCUT2D eigenvalue weighted by atomic mass is 10.1. The van der Waals surface area contributed by atoms with Crippen molar-refractivity contribution in [3.8, 4) is 0 Å². The third-order valence-electron chi connectivity index (χ3n) is 4.23. The minimum absolute atomic E-state index is 0.0814. The fourth-order valence-corrected chi connectivity index (χ4v) is 3.02. The number of amides is 1. The molecule has 0 unspecified atom stereocenters. The van der Waals surface area contributed by atoms with Crippen molar-refractivity contribution < 1.29 is 18.0 Å². The van der Waals surface area contributed by atoms with Gasteiger partial charge in [0.1, 0.15) is 5.71 Å². The Morgan fingerprint density at radius 3 is 2.26 bits per heavy atom. The molecule has 0 fully saturated rings. The largest absolute Gasteiger partial charge is 0.416 e. The number of halogens is 3. The second kappa shape index (κ2) is 6.39. The quantitative estimate of drug-likeness (QED) is 0.589. The third-order valence-corrected chi connectivity index (χ3v) is 4.23. The van der Waals surface area contributed by atoms with Crippen LogP contribution in [-0.4, -0.2) is 11.6 Å². The third kappa shape index (κ3) is 3.10. The molecule has 0 atom stereocenters. The average molecular weight is 366 g/mol. The summed E-state index contributed by atoms with van der Waals surface area (Å²) < 4.78 is 38.9. The maximum absolute atomic E-state index is 13.0. The van der Waals surface area contributed by atoms with E-state index in [0.29, 0.717) is 16.9 Å². The predicted molar refractivity (Wildman–Crippen MR) is 97.7 cm³/mol. The van der Waals surface area contributed by atoms with Gasteiger partial charge in [-0.2, -0.15) is 13.2 Å². The van der Waals surface area contributed by atoms with Crippen LogP contribution in [0.1, 0.15) is 11.1 Å². The number of hydrogen-bond acceptors (Lipinski definition) is 2. The molecular formula is C21H13F3N2O. The van der Waals surface area contributed by atoms with Gasteiger partial charge in [-0.05, 0) is 36.4 Å². The van der Waals surface area contributed by atoms with Gasteiger partial charge in [-0.1, -0.05) is 42.5 Å². The van der Waals surface area contributed by atoms with Crippen molar-refractivity contribution in [2.45, 2.75) is 6.18 Å². The molecule has 0 aliphatic carbocycles. The van der Waals surface area contributed by atoms with Gasteiger partial charge in [-0.25, -0.2) is 4.99 Å². The Kier molecular flexibility index (Phi) is 4.03. The monoisotopic (exact) mass is 366 g/mol. The minimum atomic E-state index is -4.47. The van der Waals surface area contributed by atoms with Crippen LogP contribution in [-0.2, 0) is 11.0 Å². The van der Waals surface area contributed by atoms with Crippen LogP contribution < -0.4 is 4.90 Å². The molecule has 3 aromatic carbocycles. The highest BCUT2D eigenvalue weighted by Gasteiger charge is 2.35. The van der Waals surface area contributed by atoms with Crippen molar-refractivity contribution in [1.82, 2.24) is 0 Å². The molecule has 6 heteroatoms. The van der Waals surface area contributed by atoms with Crippen LogP contribution in [0.5, 0.6) is 0 Å². The van der Waals surface area contributed by atoms with Gasteiger partial charge in [0.25, 0.3) is 5.91 Å². The lowest BCUT2D eigenvalue weighted by molar-refractivity contribution is -0.137. The second-order valence-electron chi connectivity index (χ2n) is 6.00. The highest BCUT2D eigenvalue weighted by molar-refractivity contribution is 6.56. The summed E-state index contributed by atoms with van der Waals surface area (Å²) in [6, 6.07) is 20.8. The molecule has 1 amide bonds. The maximum atomic E-state index is 13.0. The molecule has 0 saturated carbocycles. The van der Waals surface area contributed by atoms with E-state index in [1.54, 1.807) is 36.4 Å². The van der Waals surface area contributed by atoms with Gasteiger partial charge in [-0.15, -0.1) is 0 Å². The lowest BCUT2D eigenvalue weighted by Gasteiger charge is -2.16. The number of benzene rings is 3. The van der Waals surface area contributed by atoms with Gasteiger partial charge >= 0.3 is 6.18 Å². The van der Waals surface area contributed by atoms with Crippen molar-refractivity contribution in [3.05, 3.63) is 90.0 Å². The molecule has 0 spiro atoms. The molecule has 3 aromatic rings. The molecule has 0 saturated heterocycles. The fraction of sp³-hybridized carbons (Fsp3) is 0.0476. The zero-order valence-corrected chi connectivity index (χ0v) is 13.9. The van der Waals surface area contributed by atoms with Crippen molar-refractivity contribution in [1.29, 1.82) is 0 Å². The SMILES string of the molecule is O=C1/C(=N\c2cccc(C(F)(F)F)c2)c2ccccc2N1c1ccccc1. The maximum Gasteiger partial charge on any atom is 0.416 e. The number of hydrogen-bond donors (Lipinski definition) is 0. The van der Waals surface area contributed by atoms with E-state index >= 15 is 0 Å². The molecule has 1 aliphatic rings. The Bertz CT molecular complexity index is 1040. The van der Waals surface area contributed by atoms with E-state index in [1.807, 2.05) is 18.2 Å². The van der Waals surface area contributed by atoms with E-state index in [4.69, 9.17) is 0 Å². The molecule has 0 bridgehead atoms. The minimum Gasteiger partial charge on any atom is -0.275 e. The number of para-hydroxylation sites is 2. The molecule has 3 nitrogen and oxygen atoms in total. The standard InChI is InChI=1S/C21H13F3N2O/c22-21(23,24)14-7-6-8-15(13-14)25-19-17-11-4-5-12-18(17)26(20(19)27)16-9-2-1-3-10-16/h1-13H/b25-19-. The van der Waals surface area contributed by atoms with Crippen molar-refractivity contribution in [2.24, 2.45) is 4.99 Å². The number of rotatable bonds is 2. The van der Waals surface area contributed by atoms with Crippen LogP contribution >= 0.6 is 0 Å². The highest BCUT2D eigenvalue weighted by atomic mass is 19.4. The van der Waals surface area contributed by atoms with Crippen LogP contribution in [0.15, 0.2) is 83.9 Å². The van der Waals surface area contributed by atoms with Crippen LogP contribution in [0.25, 0.3) is 0 Å². The Balaban J connectivity index is 1.83. The fourth-order valence-electron chi connectivity index (χ4n) is 3.02. The number of alkyl halides is 3. The smallest absolute Gasteiger partial charge is 0.275 e. The first-order chi connectivity index (χ1) is 12.9. The van der Waals surface area contributed by atoms with E-state index < -0.39 is 11.7 Å². The molecule has 0 aromatic heterocycles. The van der Waals surface area contributed by atoms with E-state index in [-0.39, 0.29) is 17.3 Å². The summed E-state index contributed by atoms with van der Waals surface area (Å²) in [6.07, 6.45) is -4.47. The Morgan fingerprint density at radius 2 is 1.52 bits per heavy atom. The highest BCUT2D eigenvalue weighted by Crippen LogP contribution is 2.37. The summed E-state index contributed by atoms with van der Waals surface area (Å²) >= 11 is 0. The summed E-state index contributed by atoms with van der Waals surface area (Å²) in [5.41, 5.74) is 1.31. The summed E-state index contributed by atoms with van der Waals surface area (Å²) in [5, 5.41) is 0. The summed E-state index contributed by atoms with van der Waals surface area (Å²) in [5.74, 6) is -0.375. The van der Waals surface area contributed by atoms with E-state index in [0.717, 1.165) is 12.1 Å². The molecule has 1 aliphatic heterocycles. The summed E-state index contributed by atoms with van der Waals surface area (Å²) in [4.78, 5) is 18.8. The first kappa shape index (κ1) is 17.0. The van der Waals surface area contributed by atoms with E-state index in [2.05, 4.69) is 4.99 Å². The van der Waals surface area contributed by atoms with Gasteiger partial charge < -0.3 is 0 Å². The molecule has 1 heterocycles. The Morgan fingerprint density at radius 1 is 0.815 bits per heavy atom. The molecule has 134 valence electrons. The molecule has 4 rings (SSSR count). The number of carbonyl (C=O) groups excluding carboxylic acids is 1. The van der Waals surface area contributed by atoms with Crippen LogP contribution in [0, 0.1) is 0 Å². The van der Waals surface area contributed by atoms with Gasteiger partial charge in [0, 0.05) is 11.3 Å². The van der Waals surface area contributed by atoms with Crippen LogP contribution in [0.2, 0.25) is 0 Å². The lowest BCUT2D eigenvalue weighted by Crippen LogP contribution is -2.25. The first-order valence-electron chi connectivity index (χ1n) is 8.20. The van der Waals surface area contributed by atoms with Crippen LogP contribution in [0.3, 0.4) is 0 Å².